The predicted octanol–water partition coefficient (Wildman–Crippen LogP) is 5.53. The molecule has 0 saturated carbocycles. The SMILES string of the molecule is O=C(Nc1ccc(-c2onc3c2CCCC3)cc1)c1csc(-c2ccc3c(c2)CCO3)n1. The van der Waals surface area contributed by atoms with E-state index in [4.69, 9.17) is 9.26 Å². The number of carbonyl (C=O) groups excluding carboxylic acids is 1. The van der Waals surface area contributed by atoms with E-state index in [1.807, 2.05) is 36.4 Å². The molecule has 1 N–H and O–H groups in total. The van der Waals surface area contributed by atoms with Crippen molar-refractivity contribution in [3.8, 4) is 27.6 Å². The van der Waals surface area contributed by atoms with Gasteiger partial charge in [0.05, 0.1) is 12.3 Å². The van der Waals surface area contributed by atoms with Crippen LogP contribution in [0, 0.1) is 0 Å². The highest BCUT2D eigenvalue weighted by molar-refractivity contribution is 7.13. The van der Waals surface area contributed by atoms with Crippen LogP contribution in [0.1, 0.15) is 40.2 Å². The van der Waals surface area contributed by atoms with E-state index in [9.17, 15) is 4.79 Å². The zero-order valence-electron chi connectivity index (χ0n) is 17.4. The first-order valence-electron chi connectivity index (χ1n) is 10.9. The van der Waals surface area contributed by atoms with Crippen LogP contribution in [-0.4, -0.2) is 22.7 Å². The molecule has 2 aromatic carbocycles. The highest BCUT2D eigenvalue weighted by Crippen LogP contribution is 2.33. The maximum Gasteiger partial charge on any atom is 0.275 e. The number of carbonyl (C=O) groups is 1. The second-order valence-electron chi connectivity index (χ2n) is 8.13. The highest BCUT2D eigenvalue weighted by atomic mass is 32.1. The van der Waals surface area contributed by atoms with Gasteiger partial charge in [0.25, 0.3) is 5.91 Å². The Morgan fingerprint density at radius 2 is 1.84 bits per heavy atom. The number of thiazole rings is 1. The number of rotatable bonds is 4. The van der Waals surface area contributed by atoms with Crippen LogP contribution in [0.5, 0.6) is 5.75 Å². The quantitative estimate of drug-likeness (QED) is 0.449. The van der Waals surface area contributed by atoms with Gasteiger partial charge in [-0.15, -0.1) is 11.3 Å². The summed E-state index contributed by atoms with van der Waals surface area (Å²) in [5.74, 6) is 1.57. The van der Waals surface area contributed by atoms with Gasteiger partial charge in [0, 0.05) is 34.2 Å². The molecule has 0 radical (unpaired) electrons. The summed E-state index contributed by atoms with van der Waals surface area (Å²) in [4.78, 5) is 17.3. The van der Waals surface area contributed by atoms with E-state index in [1.54, 1.807) is 5.38 Å². The van der Waals surface area contributed by atoms with Crippen molar-refractivity contribution in [2.24, 2.45) is 0 Å². The Morgan fingerprint density at radius 3 is 2.75 bits per heavy atom. The second-order valence-corrected chi connectivity index (χ2v) is 8.99. The van der Waals surface area contributed by atoms with E-state index in [-0.39, 0.29) is 5.91 Å². The predicted molar refractivity (Wildman–Crippen MR) is 123 cm³/mol. The van der Waals surface area contributed by atoms with Gasteiger partial charge < -0.3 is 14.6 Å². The number of nitrogens with one attached hydrogen (secondary N) is 1. The number of anilines is 1. The van der Waals surface area contributed by atoms with Gasteiger partial charge in [0.1, 0.15) is 16.5 Å². The zero-order chi connectivity index (χ0) is 21.5. The number of hydrogen-bond donors (Lipinski definition) is 1. The third-order valence-electron chi connectivity index (χ3n) is 6.04. The second kappa shape index (κ2) is 7.91. The van der Waals surface area contributed by atoms with E-state index in [1.165, 1.54) is 35.3 Å². The van der Waals surface area contributed by atoms with E-state index >= 15 is 0 Å². The van der Waals surface area contributed by atoms with Gasteiger partial charge in [0.2, 0.25) is 0 Å². The molecular formula is C25H21N3O3S. The first kappa shape index (κ1) is 19.3. The Hall–Kier alpha value is -3.45. The minimum atomic E-state index is -0.221. The smallest absolute Gasteiger partial charge is 0.275 e. The fourth-order valence-electron chi connectivity index (χ4n) is 4.35. The lowest BCUT2D eigenvalue weighted by Gasteiger charge is -2.09. The number of amides is 1. The third kappa shape index (κ3) is 3.48. The van der Waals surface area contributed by atoms with Crippen molar-refractivity contribution in [3.05, 3.63) is 70.4 Å². The lowest BCUT2D eigenvalue weighted by molar-refractivity contribution is 0.102. The van der Waals surface area contributed by atoms with Crippen LogP contribution in [-0.2, 0) is 19.3 Å². The number of fused-ring (bicyclic) bond motifs is 2. The molecule has 7 heteroatoms. The molecule has 0 unspecified atom stereocenters. The number of nitrogens with zero attached hydrogens (tertiary/aromatic N) is 2. The largest absolute Gasteiger partial charge is 0.493 e. The molecule has 0 fully saturated rings. The molecule has 160 valence electrons. The standard InChI is InChI=1S/C25H21N3O3S/c29-24(21-14-32-25(27-21)17-7-10-22-16(13-17)11-12-30-22)26-18-8-5-15(6-9-18)23-19-3-1-2-4-20(19)28-31-23/h5-10,13-14H,1-4,11-12H2,(H,26,29). The molecular weight excluding hydrogens is 422 g/mol. The molecule has 6 rings (SSSR count). The number of ether oxygens (including phenoxy) is 1. The van der Waals surface area contributed by atoms with Crippen molar-refractivity contribution in [1.29, 1.82) is 0 Å². The Morgan fingerprint density at radius 1 is 1.00 bits per heavy atom. The van der Waals surface area contributed by atoms with Crippen molar-refractivity contribution >= 4 is 22.9 Å². The molecule has 0 atom stereocenters. The summed E-state index contributed by atoms with van der Waals surface area (Å²) >= 11 is 1.47. The van der Waals surface area contributed by atoms with Crippen LogP contribution in [0.25, 0.3) is 21.9 Å². The molecule has 32 heavy (non-hydrogen) atoms. The molecule has 3 heterocycles. The monoisotopic (exact) mass is 443 g/mol. The van der Waals surface area contributed by atoms with Crippen molar-refractivity contribution in [1.82, 2.24) is 10.1 Å². The number of aryl methyl sites for hydroxylation is 1. The molecule has 1 aliphatic carbocycles. The minimum Gasteiger partial charge on any atom is -0.493 e. The third-order valence-corrected chi connectivity index (χ3v) is 6.93. The van der Waals surface area contributed by atoms with E-state index in [0.717, 1.165) is 64.9 Å². The average Bonchev–Trinajstić information content (AvgIpc) is 3.58. The number of hydrogen-bond acceptors (Lipinski definition) is 6. The van der Waals surface area contributed by atoms with Crippen LogP contribution in [0.3, 0.4) is 0 Å². The van der Waals surface area contributed by atoms with Crippen LogP contribution in [0.2, 0.25) is 0 Å². The summed E-state index contributed by atoms with van der Waals surface area (Å²) in [5.41, 5.74) is 6.62. The molecule has 0 saturated heterocycles. The maximum absolute atomic E-state index is 12.7. The highest BCUT2D eigenvalue weighted by Gasteiger charge is 2.21. The topological polar surface area (TPSA) is 77.2 Å². The first-order valence-corrected chi connectivity index (χ1v) is 11.7. The summed E-state index contributed by atoms with van der Waals surface area (Å²) in [7, 11) is 0. The Labute approximate surface area is 189 Å². The van der Waals surface area contributed by atoms with Crippen LogP contribution in [0.15, 0.2) is 52.4 Å². The molecule has 4 aromatic rings. The lowest BCUT2D eigenvalue weighted by atomic mass is 9.94. The van der Waals surface area contributed by atoms with Crippen molar-refractivity contribution in [2.75, 3.05) is 11.9 Å². The fraction of sp³-hybridized carbons (Fsp3) is 0.240. The van der Waals surface area contributed by atoms with Crippen LogP contribution in [0.4, 0.5) is 5.69 Å². The Kier molecular flexibility index (Phi) is 4.76. The van der Waals surface area contributed by atoms with Crippen molar-refractivity contribution < 1.29 is 14.1 Å². The molecule has 0 spiro atoms. The average molecular weight is 444 g/mol. The van der Waals surface area contributed by atoms with Gasteiger partial charge in [0.15, 0.2) is 5.76 Å². The van der Waals surface area contributed by atoms with Crippen molar-refractivity contribution in [2.45, 2.75) is 32.1 Å². The maximum atomic E-state index is 12.7. The van der Waals surface area contributed by atoms with E-state index in [0.29, 0.717) is 5.69 Å². The summed E-state index contributed by atoms with van der Waals surface area (Å²) in [5, 5.41) is 9.79. The molecule has 1 amide bonds. The summed E-state index contributed by atoms with van der Waals surface area (Å²) < 4.78 is 11.2. The van der Waals surface area contributed by atoms with Gasteiger partial charge >= 0.3 is 0 Å². The minimum absolute atomic E-state index is 0.221. The van der Waals surface area contributed by atoms with Gasteiger partial charge in [-0.1, -0.05) is 5.16 Å². The van der Waals surface area contributed by atoms with Crippen molar-refractivity contribution in [3.63, 3.8) is 0 Å². The number of aromatic nitrogens is 2. The summed E-state index contributed by atoms with van der Waals surface area (Å²) in [6.07, 6.45) is 5.25. The Bertz CT molecular complexity index is 1310. The van der Waals surface area contributed by atoms with Gasteiger partial charge in [-0.2, -0.15) is 0 Å². The van der Waals surface area contributed by atoms with Crippen LogP contribution < -0.4 is 10.1 Å². The molecule has 0 bridgehead atoms. The normalized spacial score (nSPS) is 14.5. The first-order chi connectivity index (χ1) is 15.7. The summed E-state index contributed by atoms with van der Waals surface area (Å²) in [6.45, 7) is 0.724. The van der Waals surface area contributed by atoms with Crippen LogP contribution >= 0.6 is 11.3 Å². The summed E-state index contributed by atoms with van der Waals surface area (Å²) in [6, 6.07) is 13.8. The van der Waals surface area contributed by atoms with E-state index < -0.39 is 0 Å². The van der Waals surface area contributed by atoms with Gasteiger partial charge in [-0.3, -0.25) is 4.79 Å². The van der Waals surface area contributed by atoms with E-state index in [2.05, 4.69) is 21.5 Å². The van der Waals surface area contributed by atoms with Gasteiger partial charge in [-0.25, -0.2) is 4.98 Å². The molecule has 1 aliphatic heterocycles. The fourth-order valence-corrected chi connectivity index (χ4v) is 5.14. The molecule has 6 nitrogen and oxygen atoms in total. The zero-order valence-corrected chi connectivity index (χ0v) is 18.2. The number of benzene rings is 2. The lowest BCUT2D eigenvalue weighted by Crippen LogP contribution is -2.12. The molecule has 2 aliphatic rings. The van der Waals surface area contributed by atoms with Gasteiger partial charge in [-0.05, 0) is 73.7 Å². The molecule has 2 aromatic heterocycles. The Balaban J connectivity index is 1.17.